The van der Waals surface area contributed by atoms with Gasteiger partial charge in [0.15, 0.2) is 0 Å². The van der Waals surface area contributed by atoms with Gasteiger partial charge in [-0.1, -0.05) is 37.3 Å². The fourth-order valence-corrected chi connectivity index (χ4v) is 2.49. The van der Waals surface area contributed by atoms with E-state index in [-0.39, 0.29) is 17.6 Å². The molecule has 3 N–H and O–H groups in total. The Kier molecular flexibility index (Phi) is 3.78. The molecular formula is C17H18N4O. The van der Waals surface area contributed by atoms with Gasteiger partial charge in [0.05, 0.1) is 12.3 Å². The molecule has 0 spiro atoms. The van der Waals surface area contributed by atoms with Crippen molar-refractivity contribution in [1.29, 1.82) is 5.41 Å². The second kappa shape index (κ2) is 5.89. The van der Waals surface area contributed by atoms with Crippen molar-refractivity contribution < 1.29 is 5.11 Å². The zero-order valence-electron chi connectivity index (χ0n) is 12.3. The van der Waals surface area contributed by atoms with Crippen LogP contribution in [0.15, 0.2) is 59.7 Å². The summed E-state index contributed by atoms with van der Waals surface area (Å²) in [6, 6.07) is 16.7. The van der Waals surface area contributed by atoms with Crippen LogP contribution in [0, 0.1) is 11.3 Å². The lowest BCUT2D eigenvalue weighted by Crippen LogP contribution is -2.30. The standard InChI is InChI=1S/C17H18N4O/c1-12-11-21(17(18)19-13-7-3-2-4-8-13)20-16(12)14-9-5-6-10-15(14)22/h2-10,12,22H,11H2,1H3,(H2,18,19). The molecule has 0 amide bonds. The van der Waals surface area contributed by atoms with Crippen molar-refractivity contribution in [3.05, 3.63) is 60.2 Å². The molecule has 1 unspecified atom stereocenters. The van der Waals surface area contributed by atoms with Crippen molar-refractivity contribution in [3.63, 3.8) is 0 Å². The summed E-state index contributed by atoms with van der Waals surface area (Å²) in [6.07, 6.45) is 0. The molecule has 1 atom stereocenters. The normalized spacial score (nSPS) is 17.2. The molecule has 0 aromatic heterocycles. The minimum absolute atomic E-state index is 0.145. The van der Waals surface area contributed by atoms with Crippen LogP contribution < -0.4 is 5.32 Å². The highest BCUT2D eigenvalue weighted by Crippen LogP contribution is 2.25. The molecule has 1 aliphatic rings. The highest BCUT2D eigenvalue weighted by atomic mass is 16.3. The van der Waals surface area contributed by atoms with E-state index in [1.165, 1.54) is 0 Å². The van der Waals surface area contributed by atoms with Crippen molar-refractivity contribution in [2.24, 2.45) is 11.0 Å². The first-order chi connectivity index (χ1) is 10.6. The molecule has 1 aliphatic heterocycles. The van der Waals surface area contributed by atoms with Crippen LogP contribution in [0.5, 0.6) is 5.75 Å². The molecule has 3 rings (SSSR count). The van der Waals surface area contributed by atoms with E-state index in [2.05, 4.69) is 10.4 Å². The summed E-state index contributed by atoms with van der Waals surface area (Å²) < 4.78 is 0. The highest BCUT2D eigenvalue weighted by Gasteiger charge is 2.27. The first-order valence-corrected chi connectivity index (χ1v) is 7.20. The van der Waals surface area contributed by atoms with E-state index < -0.39 is 0 Å². The molecule has 2 aromatic carbocycles. The minimum atomic E-state index is 0.145. The monoisotopic (exact) mass is 294 g/mol. The molecule has 1 heterocycles. The Balaban J connectivity index is 1.79. The number of hydrogen-bond donors (Lipinski definition) is 3. The average Bonchev–Trinajstić information content (AvgIpc) is 2.91. The SMILES string of the molecule is CC1CN(C(=N)Nc2ccccc2)N=C1c1ccccc1O. The molecule has 0 saturated carbocycles. The third kappa shape index (κ3) is 2.79. The van der Waals surface area contributed by atoms with E-state index in [0.717, 1.165) is 17.0 Å². The van der Waals surface area contributed by atoms with Gasteiger partial charge in [0, 0.05) is 17.2 Å². The molecule has 2 aromatic rings. The van der Waals surface area contributed by atoms with Gasteiger partial charge in [-0.25, -0.2) is 5.01 Å². The zero-order chi connectivity index (χ0) is 15.5. The van der Waals surface area contributed by atoms with Crippen LogP contribution in [0.2, 0.25) is 0 Å². The maximum absolute atomic E-state index is 9.98. The Morgan fingerprint density at radius 2 is 1.86 bits per heavy atom. The Bertz CT molecular complexity index is 712. The maximum atomic E-state index is 9.98. The predicted molar refractivity (Wildman–Crippen MR) is 88.3 cm³/mol. The van der Waals surface area contributed by atoms with Gasteiger partial charge in [-0.3, -0.25) is 5.41 Å². The van der Waals surface area contributed by atoms with Crippen LogP contribution in [0.25, 0.3) is 0 Å². The molecule has 5 nitrogen and oxygen atoms in total. The Morgan fingerprint density at radius 1 is 1.18 bits per heavy atom. The average molecular weight is 294 g/mol. The molecule has 0 fully saturated rings. The van der Waals surface area contributed by atoms with E-state index >= 15 is 0 Å². The van der Waals surface area contributed by atoms with Crippen molar-refractivity contribution in [1.82, 2.24) is 5.01 Å². The molecule has 112 valence electrons. The molecule has 5 heteroatoms. The largest absolute Gasteiger partial charge is 0.507 e. The number of phenols is 1. The van der Waals surface area contributed by atoms with Gasteiger partial charge in [0.25, 0.3) is 0 Å². The van der Waals surface area contributed by atoms with Crippen LogP contribution in [-0.2, 0) is 0 Å². The van der Waals surface area contributed by atoms with Gasteiger partial charge in [0.1, 0.15) is 5.75 Å². The lowest BCUT2D eigenvalue weighted by Gasteiger charge is -2.16. The summed E-state index contributed by atoms with van der Waals surface area (Å²) in [5.74, 6) is 0.590. The van der Waals surface area contributed by atoms with Crippen molar-refractivity contribution >= 4 is 17.4 Å². The molecule has 0 radical (unpaired) electrons. The second-order valence-corrected chi connectivity index (χ2v) is 5.33. The lowest BCUT2D eigenvalue weighted by molar-refractivity contribution is 0.452. The highest BCUT2D eigenvalue weighted by molar-refractivity contribution is 6.06. The van der Waals surface area contributed by atoms with Gasteiger partial charge >= 0.3 is 0 Å². The van der Waals surface area contributed by atoms with Gasteiger partial charge in [-0.15, -0.1) is 0 Å². The summed E-state index contributed by atoms with van der Waals surface area (Å²) in [6.45, 7) is 2.66. The quantitative estimate of drug-likeness (QED) is 0.588. The van der Waals surface area contributed by atoms with Crippen LogP contribution in [0.3, 0.4) is 0 Å². The van der Waals surface area contributed by atoms with Crippen LogP contribution in [0.4, 0.5) is 5.69 Å². The maximum Gasteiger partial charge on any atom is 0.216 e. The number of guanidine groups is 1. The first kappa shape index (κ1) is 14.1. The fraction of sp³-hybridized carbons (Fsp3) is 0.176. The number of para-hydroxylation sites is 2. The fourth-order valence-electron chi connectivity index (χ4n) is 2.49. The molecule has 0 aliphatic carbocycles. The number of phenolic OH excluding ortho intramolecular Hbond substituents is 1. The van der Waals surface area contributed by atoms with E-state index in [1.54, 1.807) is 17.1 Å². The summed E-state index contributed by atoms with van der Waals surface area (Å²) in [7, 11) is 0. The lowest BCUT2D eigenvalue weighted by atomic mass is 9.99. The van der Waals surface area contributed by atoms with E-state index in [0.29, 0.717) is 6.54 Å². The van der Waals surface area contributed by atoms with Gasteiger partial charge in [-0.05, 0) is 24.3 Å². The number of aromatic hydroxyl groups is 1. The second-order valence-electron chi connectivity index (χ2n) is 5.33. The van der Waals surface area contributed by atoms with E-state index in [1.807, 2.05) is 49.4 Å². The van der Waals surface area contributed by atoms with Gasteiger partial charge in [0.2, 0.25) is 5.96 Å². The zero-order valence-corrected chi connectivity index (χ0v) is 12.3. The topological polar surface area (TPSA) is 71.7 Å². The van der Waals surface area contributed by atoms with Crippen molar-refractivity contribution in [2.75, 3.05) is 11.9 Å². The molecule has 0 saturated heterocycles. The van der Waals surface area contributed by atoms with Crippen LogP contribution >= 0.6 is 0 Å². The number of hydrazone groups is 1. The smallest absolute Gasteiger partial charge is 0.216 e. The van der Waals surface area contributed by atoms with Gasteiger partial charge in [-0.2, -0.15) is 5.10 Å². The summed E-state index contributed by atoms with van der Waals surface area (Å²) in [5, 5.41) is 27.3. The number of anilines is 1. The molecule has 0 bridgehead atoms. The van der Waals surface area contributed by atoms with Crippen LogP contribution in [-0.4, -0.2) is 28.3 Å². The predicted octanol–water partition coefficient (Wildman–Crippen LogP) is 3.09. The first-order valence-electron chi connectivity index (χ1n) is 7.20. The number of hydrogen-bond acceptors (Lipinski definition) is 3. The van der Waals surface area contributed by atoms with Crippen LogP contribution in [0.1, 0.15) is 12.5 Å². The molecular weight excluding hydrogens is 276 g/mol. The van der Waals surface area contributed by atoms with Gasteiger partial charge < -0.3 is 10.4 Å². The molecule has 22 heavy (non-hydrogen) atoms. The summed E-state index contributed by atoms with van der Waals surface area (Å²) >= 11 is 0. The van der Waals surface area contributed by atoms with Crippen molar-refractivity contribution in [3.8, 4) is 5.75 Å². The number of nitrogens with zero attached hydrogens (tertiary/aromatic N) is 2. The summed E-state index contributed by atoms with van der Waals surface area (Å²) in [4.78, 5) is 0. The van der Waals surface area contributed by atoms with Crippen molar-refractivity contribution in [2.45, 2.75) is 6.92 Å². The Morgan fingerprint density at radius 3 is 2.59 bits per heavy atom. The number of nitrogens with one attached hydrogen (secondary N) is 2. The third-order valence-corrected chi connectivity index (χ3v) is 3.62. The minimum Gasteiger partial charge on any atom is -0.507 e. The van der Waals surface area contributed by atoms with E-state index in [9.17, 15) is 5.11 Å². The van der Waals surface area contributed by atoms with E-state index in [4.69, 9.17) is 5.41 Å². The third-order valence-electron chi connectivity index (χ3n) is 3.62. The number of benzene rings is 2. The summed E-state index contributed by atoms with van der Waals surface area (Å²) in [5.41, 5.74) is 2.38. The Hall–Kier alpha value is -2.82. The Labute approximate surface area is 129 Å². The number of rotatable bonds is 2.